The fourth-order valence-corrected chi connectivity index (χ4v) is 1.19. The fourth-order valence-electron chi connectivity index (χ4n) is 1.19. The molecule has 0 fully saturated rings. The van der Waals surface area contributed by atoms with Crippen LogP contribution in [0.3, 0.4) is 0 Å². The van der Waals surface area contributed by atoms with Gasteiger partial charge in [0.2, 0.25) is 5.91 Å². The minimum atomic E-state index is -0.257. The molecule has 1 rings (SSSR count). The Kier molecular flexibility index (Phi) is 4.23. The second-order valence-electron chi connectivity index (χ2n) is 3.68. The summed E-state index contributed by atoms with van der Waals surface area (Å²) in [5, 5.41) is 6.34. The van der Waals surface area contributed by atoms with Crippen LogP contribution >= 0.6 is 0 Å². The Morgan fingerprint density at radius 1 is 1.60 bits per heavy atom. The van der Waals surface area contributed by atoms with Crippen LogP contribution in [-0.4, -0.2) is 49.6 Å². The molecule has 0 unspecified atom stereocenters. The highest BCUT2D eigenvalue weighted by Gasteiger charge is 2.20. The Labute approximate surface area is 88.7 Å². The Morgan fingerprint density at radius 2 is 2.33 bits per heavy atom. The molecule has 0 saturated carbocycles. The van der Waals surface area contributed by atoms with Gasteiger partial charge in [0.25, 0.3) is 5.91 Å². The average molecular weight is 212 g/mol. The predicted molar refractivity (Wildman–Crippen MR) is 56.4 cm³/mol. The zero-order valence-corrected chi connectivity index (χ0v) is 9.04. The number of hydrogen-bond donors (Lipinski definition) is 2. The zero-order chi connectivity index (χ0) is 11.3. The third-order valence-electron chi connectivity index (χ3n) is 1.97. The van der Waals surface area contributed by atoms with Gasteiger partial charge in [-0.3, -0.25) is 9.59 Å². The quantitative estimate of drug-likeness (QED) is 0.570. The first-order chi connectivity index (χ1) is 7.09. The molecule has 0 aliphatic carbocycles. The van der Waals surface area contributed by atoms with Crippen molar-refractivity contribution >= 4 is 17.5 Å². The number of amides is 2. The van der Waals surface area contributed by atoms with Gasteiger partial charge in [-0.25, -0.2) is 5.43 Å². The molecule has 1 aliphatic heterocycles. The van der Waals surface area contributed by atoms with Gasteiger partial charge < -0.3 is 10.2 Å². The summed E-state index contributed by atoms with van der Waals surface area (Å²) in [4.78, 5) is 24.2. The number of carbonyl (C=O) groups is 2. The number of hydrazone groups is 1. The molecule has 15 heavy (non-hydrogen) atoms. The van der Waals surface area contributed by atoms with Crippen molar-refractivity contribution in [3.05, 3.63) is 0 Å². The first-order valence-corrected chi connectivity index (χ1v) is 4.88. The third kappa shape index (κ3) is 4.07. The number of rotatable bonds is 5. The first-order valence-electron chi connectivity index (χ1n) is 4.88. The monoisotopic (exact) mass is 212 g/mol. The lowest BCUT2D eigenvalue weighted by atomic mass is 10.2. The van der Waals surface area contributed by atoms with Crippen LogP contribution in [0.15, 0.2) is 5.10 Å². The van der Waals surface area contributed by atoms with Gasteiger partial charge in [0.1, 0.15) is 5.71 Å². The fraction of sp³-hybridized carbons (Fsp3) is 0.667. The van der Waals surface area contributed by atoms with E-state index in [1.165, 1.54) is 0 Å². The van der Waals surface area contributed by atoms with Crippen LogP contribution in [0.25, 0.3) is 0 Å². The van der Waals surface area contributed by atoms with Crippen LogP contribution in [0.4, 0.5) is 0 Å². The molecule has 2 N–H and O–H groups in total. The maximum Gasteiger partial charge on any atom is 0.268 e. The molecule has 0 bridgehead atoms. The molecule has 1 heterocycles. The van der Waals surface area contributed by atoms with Crippen LogP contribution in [0.1, 0.15) is 12.8 Å². The summed E-state index contributed by atoms with van der Waals surface area (Å²) >= 11 is 0. The highest BCUT2D eigenvalue weighted by atomic mass is 16.2. The van der Waals surface area contributed by atoms with Gasteiger partial charge in [-0.2, -0.15) is 5.10 Å². The summed E-state index contributed by atoms with van der Waals surface area (Å²) in [6.07, 6.45) is 0.965. The SMILES string of the molecule is CN(C)CCCNC(=O)C1=NNC(=O)C1. The van der Waals surface area contributed by atoms with E-state index in [2.05, 4.69) is 15.8 Å². The van der Waals surface area contributed by atoms with E-state index < -0.39 is 0 Å². The normalized spacial score (nSPS) is 15.1. The van der Waals surface area contributed by atoms with Crippen molar-refractivity contribution in [3.63, 3.8) is 0 Å². The maximum absolute atomic E-state index is 11.4. The molecule has 1 aliphatic rings. The lowest BCUT2D eigenvalue weighted by Gasteiger charge is -2.09. The van der Waals surface area contributed by atoms with Crippen LogP contribution in [0.2, 0.25) is 0 Å². The van der Waals surface area contributed by atoms with Crippen LogP contribution in [0.5, 0.6) is 0 Å². The smallest absolute Gasteiger partial charge is 0.268 e. The van der Waals surface area contributed by atoms with Crippen LogP contribution in [-0.2, 0) is 9.59 Å². The molecule has 0 aromatic heterocycles. The molecule has 0 saturated heterocycles. The van der Waals surface area contributed by atoms with E-state index in [4.69, 9.17) is 0 Å². The third-order valence-corrected chi connectivity index (χ3v) is 1.97. The van der Waals surface area contributed by atoms with Crippen molar-refractivity contribution in [2.75, 3.05) is 27.2 Å². The van der Waals surface area contributed by atoms with Gasteiger partial charge in [-0.05, 0) is 27.1 Å². The summed E-state index contributed by atoms with van der Waals surface area (Å²) in [6, 6.07) is 0. The van der Waals surface area contributed by atoms with Crippen LogP contribution < -0.4 is 10.7 Å². The molecular weight excluding hydrogens is 196 g/mol. The second-order valence-corrected chi connectivity index (χ2v) is 3.68. The summed E-state index contributed by atoms with van der Waals surface area (Å²) < 4.78 is 0. The van der Waals surface area contributed by atoms with E-state index in [0.29, 0.717) is 6.54 Å². The predicted octanol–water partition coefficient (Wildman–Crippen LogP) is -1.07. The van der Waals surface area contributed by atoms with Crippen molar-refractivity contribution in [2.24, 2.45) is 5.10 Å². The van der Waals surface area contributed by atoms with Crippen molar-refractivity contribution < 1.29 is 9.59 Å². The van der Waals surface area contributed by atoms with Gasteiger partial charge in [0, 0.05) is 6.54 Å². The molecule has 0 aromatic carbocycles. The Hall–Kier alpha value is -1.43. The van der Waals surface area contributed by atoms with Crippen molar-refractivity contribution in [3.8, 4) is 0 Å². The number of hydrogen-bond acceptors (Lipinski definition) is 4. The second kappa shape index (κ2) is 5.45. The van der Waals surface area contributed by atoms with E-state index >= 15 is 0 Å². The standard InChI is InChI=1S/C9H16N4O2/c1-13(2)5-3-4-10-9(15)7-6-8(14)12-11-7/h3-6H2,1-2H3,(H,10,15)(H,12,14). The molecule has 2 amide bonds. The van der Waals surface area contributed by atoms with Gasteiger partial charge in [0.15, 0.2) is 0 Å². The van der Waals surface area contributed by atoms with E-state index in [1.807, 2.05) is 19.0 Å². The van der Waals surface area contributed by atoms with E-state index in [1.54, 1.807) is 0 Å². The average Bonchev–Trinajstić information content (AvgIpc) is 2.59. The maximum atomic E-state index is 11.4. The number of nitrogens with zero attached hydrogens (tertiary/aromatic N) is 2. The number of carbonyl (C=O) groups excluding carboxylic acids is 2. The van der Waals surface area contributed by atoms with Crippen molar-refractivity contribution in [2.45, 2.75) is 12.8 Å². The molecule has 0 atom stereocenters. The van der Waals surface area contributed by atoms with E-state index in [0.717, 1.165) is 13.0 Å². The van der Waals surface area contributed by atoms with Gasteiger partial charge >= 0.3 is 0 Å². The molecule has 84 valence electrons. The summed E-state index contributed by atoms with van der Waals surface area (Å²) in [5.74, 6) is -0.486. The number of nitrogens with one attached hydrogen (secondary N) is 2. The van der Waals surface area contributed by atoms with Gasteiger partial charge in [-0.1, -0.05) is 0 Å². The summed E-state index contributed by atoms with van der Waals surface area (Å²) in [7, 11) is 3.96. The van der Waals surface area contributed by atoms with E-state index in [-0.39, 0.29) is 23.9 Å². The van der Waals surface area contributed by atoms with E-state index in [9.17, 15) is 9.59 Å². The molecule has 0 radical (unpaired) electrons. The lowest BCUT2D eigenvalue weighted by molar-refractivity contribution is -0.120. The zero-order valence-electron chi connectivity index (χ0n) is 9.04. The molecular formula is C9H16N4O2. The van der Waals surface area contributed by atoms with Gasteiger partial charge in [0.05, 0.1) is 6.42 Å². The molecule has 6 nitrogen and oxygen atoms in total. The highest BCUT2D eigenvalue weighted by Crippen LogP contribution is 1.95. The molecule has 6 heteroatoms. The van der Waals surface area contributed by atoms with Crippen molar-refractivity contribution in [1.82, 2.24) is 15.6 Å². The summed E-state index contributed by atoms with van der Waals surface area (Å²) in [6.45, 7) is 1.52. The van der Waals surface area contributed by atoms with Crippen LogP contribution in [0, 0.1) is 0 Å². The minimum absolute atomic E-state index is 0.0829. The Bertz CT molecular complexity index is 286. The topological polar surface area (TPSA) is 73.8 Å². The lowest BCUT2D eigenvalue weighted by Crippen LogP contribution is -2.32. The Balaban J connectivity index is 2.17. The molecule has 0 spiro atoms. The highest BCUT2D eigenvalue weighted by molar-refractivity contribution is 6.43. The van der Waals surface area contributed by atoms with Gasteiger partial charge in [-0.15, -0.1) is 0 Å². The first kappa shape index (κ1) is 11.6. The largest absolute Gasteiger partial charge is 0.351 e. The molecule has 0 aromatic rings. The summed E-state index contributed by atoms with van der Waals surface area (Å²) in [5.41, 5.74) is 2.51. The Morgan fingerprint density at radius 3 is 2.87 bits per heavy atom. The minimum Gasteiger partial charge on any atom is -0.351 e. The van der Waals surface area contributed by atoms with Crippen molar-refractivity contribution in [1.29, 1.82) is 0 Å².